The van der Waals surface area contributed by atoms with Crippen molar-refractivity contribution < 1.29 is 0 Å². The minimum atomic E-state index is 0.257. The molecular weight excluding hydrogens is 248 g/mol. The van der Waals surface area contributed by atoms with Gasteiger partial charge in [-0.2, -0.15) is 5.10 Å². The van der Waals surface area contributed by atoms with Crippen LogP contribution in [0.15, 0.2) is 59.7 Å². The largest absolute Gasteiger partial charge is 0.323 e. The molecule has 0 spiro atoms. The van der Waals surface area contributed by atoms with Gasteiger partial charge in [0.05, 0.1) is 11.0 Å². The molecule has 1 aromatic heterocycles. The van der Waals surface area contributed by atoms with Gasteiger partial charge in [-0.1, -0.05) is 49.4 Å². The van der Waals surface area contributed by atoms with Crippen molar-refractivity contribution in [2.45, 2.75) is 12.8 Å². The number of hydrogen-bond donors (Lipinski definition) is 2. The Hall–Kier alpha value is -2.62. The number of hydrogen-bond acceptors (Lipinski definition) is 3. The normalized spacial score (nSPS) is 12.8. The molecule has 2 N–H and O–H groups in total. The van der Waals surface area contributed by atoms with Gasteiger partial charge in [-0.25, -0.2) is 10.4 Å². The van der Waals surface area contributed by atoms with Crippen LogP contribution in [-0.4, -0.2) is 16.2 Å². The van der Waals surface area contributed by atoms with Crippen LogP contribution in [0.3, 0.4) is 0 Å². The van der Waals surface area contributed by atoms with Crippen LogP contribution >= 0.6 is 0 Å². The predicted octanol–water partition coefficient (Wildman–Crippen LogP) is 3.76. The first kappa shape index (κ1) is 12.4. The van der Waals surface area contributed by atoms with Crippen molar-refractivity contribution >= 4 is 23.2 Å². The summed E-state index contributed by atoms with van der Waals surface area (Å²) in [5, 5.41) is 4.24. The molecule has 100 valence electrons. The molecule has 0 aliphatic carbocycles. The lowest BCUT2D eigenvalue weighted by molar-refractivity contribution is 1.03. The fraction of sp³-hybridized carbons (Fsp3) is 0.125. The first-order valence-corrected chi connectivity index (χ1v) is 6.62. The topological polar surface area (TPSA) is 53.1 Å². The number of hydrazone groups is 1. The third kappa shape index (κ3) is 2.69. The van der Waals surface area contributed by atoms with Crippen molar-refractivity contribution in [2.24, 2.45) is 5.10 Å². The molecule has 3 aromatic rings. The zero-order chi connectivity index (χ0) is 13.8. The average Bonchev–Trinajstić information content (AvgIpc) is 2.90. The van der Waals surface area contributed by atoms with Gasteiger partial charge in [0.2, 0.25) is 5.95 Å². The van der Waals surface area contributed by atoms with Crippen LogP contribution in [0, 0.1) is 0 Å². The number of H-pyrrole nitrogens is 1. The average molecular weight is 264 g/mol. The van der Waals surface area contributed by atoms with Crippen LogP contribution in [0.4, 0.5) is 5.95 Å². The molecule has 0 radical (unpaired) electrons. The van der Waals surface area contributed by atoms with Crippen LogP contribution in [0.25, 0.3) is 11.0 Å². The number of aromatic nitrogens is 2. The first-order chi connectivity index (χ1) is 9.83. The van der Waals surface area contributed by atoms with Gasteiger partial charge < -0.3 is 4.98 Å². The van der Waals surface area contributed by atoms with Crippen LogP contribution in [0.1, 0.15) is 18.4 Å². The second-order valence-electron chi connectivity index (χ2n) is 4.69. The lowest BCUT2D eigenvalue weighted by Crippen LogP contribution is -1.98. The number of aromatic amines is 1. The number of rotatable bonds is 4. The number of para-hydroxylation sites is 2. The molecule has 0 aliphatic heterocycles. The minimum absolute atomic E-state index is 0.257. The Labute approximate surface area is 117 Å². The summed E-state index contributed by atoms with van der Waals surface area (Å²) in [6.07, 6.45) is 1.88. The monoisotopic (exact) mass is 264 g/mol. The molecule has 0 bridgehead atoms. The van der Waals surface area contributed by atoms with E-state index in [-0.39, 0.29) is 5.92 Å². The Bertz CT molecular complexity index is 682. The van der Waals surface area contributed by atoms with E-state index < -0.39 is 0 Å². The fourth-order valence-electron chi connectivity index (χ4n) is 2.06. The molecule has 3 rings (SSSR count). The Balaban J connectivity index is 1.68. The second kappa shape index (κ2) is 5.57. The van der Waals surface area contributed by atoms with Crippen LogP contribution in [0.5, 0.6) is 0 Å². The number of anilines is 1. The van der Waals surface area contributed by atoms with E-state index in [1.807, 2.05) is 48.7 Å². The van der Waals surface area contributed by atoms with Gasteiger partial charge in [-0.15, -0.1) is 0 Å². The Morgan fingerprint density at radius 1 is 1.10 bits per heavy atom. The maximum atomic E-state index is 4.40. The van der Waals surface area contributed by atoms with Gasteiger partial charge in [-0.3, -0.25) is 0 Å². The predicted molar refractivity (Wildman–Crippen MR) is 83.1 cm³/mol. The third-order valence-corrected chi connectivity index (χ3v) is 3.18. The van der Waals surface area contributed by atoms with Crippen molar-refractivity contribution in [3.05, 3.63) is 60.2 Å². The van der Waals surface area contributed by atoms with Crippen molar-refractivity contribution in [1.29, 1.82) is 0 Å². The van der Waals surface area contributed by atoms with E-state index in [2.05, 4.69) is 39.6 Å². The smallest absolute Gasteiger partial charge is 0.222 e. The maximum absolute atomic E-state index is 4.40. The molecule has 0 saturated carbocycles. The fourth-order valence-corrected chi connectivity index (χ4v) is 2.06. The summed E-state index contributed by atoms with van der Waals surface area (Å²) < 4.78 is 0. The third-order valence-electron chi connectivity index (χ3n) is 3.18. The van der Waals surface area contributed by atoms with E-state index in [4.69, 9.17) is 0 Å². The second-order valence-corrected chi connectivity index (χ2v) is 4.69. The van der Waals surface area contributed by atoms with Gasteiger partial charge in [0, 0.05) is 12.1 Å². The highest BCUT2D eigenvalue weighted by Gasteiger charge is 2.02. The van der Waals surface area contributed by atoms with Gasteiger partial charge in [0.15, 0.2) is 0 Å². The highest BCUT2D eigenvalue weighted by molar-refractivity contribution is 5.77. The molecule has 0 unspecified atom stereocenters. The number of nitrogens with one attached hydrogen (secondary N) is 2. The molecule has 4 nitrogen and oxygen atoms in total. The Kier molecular flexibility index (Phi) is 3.46. The molecule has 1 heterocycles. The quantitative estimate of drug-likeness (QED) is 0.557. The summed E-state index contributed by atoms with van der Waals surface area (Å²) in [4.78, 5) is 7.57. The van der Waals surface area contributed by atoms with Gasteiger partial charge >= 0.3 is 0 Å². The summed E-state index contributed by atoms with van der Waals surface area (Å²) in [5.41, 5.74) is 6.11. The minimum Gasteiger partial charge on any atom is -0.323 e. The Morgan fingerprint density at radius 2 is 1.85 bits per heavy atom. The maximum Gasteiger partial charge on any atom is 0.222 e. The molecule has 1 atom stereocenters. The standard InChI is InChI=1S/C16H16N4/c1-12(13-7-3-2-4-8-13)11-17-20-16-18-14-9-5-6-10-15(14)19-16/h2-12H,1H3,(H2,18,19,20)/b17-11-/t12-/m0/s1. The van der Waals surface area contributed by atoms with Crippen molar-refractivity contribution in [2.75, 3.05) is 5.43 Å². The van der Waals surface area contributed by atoms with Crippen LogP contribution < -0.4 is 5.43 Å². The molecule has 0 amide bonds. The van der Waals surface area contributed by atoms with E-state index in [1.54, 1.807) is 0 Å². The van der Waals surface area contributed by atoms with Crippen molar-refractivity contribution in [1.82, 2.24) is 9.97 Å². The summed E-state index contributed by atoms with van der Waals surface area (Å²) in [7, 11) is 0. The van der Waals surface area contributed by atoms with E-state index in [1.165, 1.54) is 5.56 Å². The lowest BCUT2D eigenvalue weighted by atomic mass is 10.0. The molecule has 4 heteroatoms. The molecule has 2 aromatic carbocycles. The van der Waals surface area contributed by atoms with Gasteiger partial charge in [0.25, 0.3) is 0 Å². The molecular formula is C16H16N4. The highest BCUT2D eigenvalue weighted by Crippen LogP contribution is 2.14. The summed E-state index contributed by atoms with van der Waals surface area (Å²) in [5.74, 6) is 0.913. The molecule has 20 heavy (non-hydrogen) atoms. The summed E-state index contributed by atoms with van der Waals surface area (Å²) >= 11 is 0. The highest BCUT2D eigenvalue weighted by atomic mass is 15.3. The first-order valence-electron chi connectivity index (χ1n) is 6.62. The van der Waals surface area contributed by atoms with Crippen molar-refractivity contribution in [3.63, 3.8) is 0 Å². The number of imidazole rings is 1. The van der Waals surface area contributed by atoms with Crippen molar-refractivity contribution in [3.8, 4) is 0 Å². The zero-order valence-corrected chi connectivity index (χ0v) is 11.2. The van der Waals surface area contributed by atoms with E-state index in [0.29, 0.717) is 5.95 Å². The molecule has 0 saturated heterocycles. The number of nitrogens with zero attached hydrogens (tertiary/aromatic N) is 2. The van der Waals surface area contributed by atoms with Gasteiger partial charge in [0.1, 0.15) is 0 Å². The SMILES string of the molecule is C[C@@H](/C=N\Nc1nc2ccccc2[nH]1)c1ccccc1. The lowest BCUT2D eigenvalue weighted by Gasteiger charge is -2.04. The Morgan fingerprint density at radius 3 is 2.65 bits per heavy atom. The van der Waals surface area contributed by atoms with E-state index in [9.17, 15) is 0 Å². The van der Waals surface area contributed by atoms with E-state index >= 15 is 0 Å². The number of benzene rings is 2. The molecule has 0 aliphatic rings. The van der Waals surface area contributed by atoms with Crippen LogP contribution in [0.2, 0.25) is 0 Å². The van der Waals surface area contributed by atoms with Gasteiger partial charge in [-0.05, 0) is 17.7 Å². The summed E-state index contributed by atoms with van der Waals surface area (Å²) in [6, 6.07) is 18.2. The zero-order valence-electron chi connectivity index (χ0n) is 11.2. The molecule has 0 fully saturated rings. The van der Waals surface area contributed by atoms with Crippen LogP contribution in [-0.2, 0) is 0 Å². The van der Waals surface area contributed by atoms with E-state index in [0.717, 1.165) is 11.0 Å². The number of fused-ring (bicyclic) bond motifs is 1. The summed E-state index contributed by atoms with van der Waals surface area (Å²) in [6.45, 7) is 2.11.